The van der Waals surface area contributed by atoms with Crippen molar-refractivity contribution in [3.05, 3.63) is 48.0 Å². The predicted octanol–water partition coefficient (Wildman–Crippen LogP) is 2.77. The van der Waals surface area contributed by atoms with Crippen molar-refractivity contribution in [2.45, 2.75) is 0 Å². The van der Waals surface area contributed by atoms with Crippen molar-refractivity contribution in [2.75, 3.05) is 7.11 Å². The highest BCUT2D eigenvalue weighted by molar-refractivity contribution is 5.98. The van der Waals surface area contributed by atoms with Crippen molar-refractivity contribution in [2.24, 2.45) is 0 Å². The standard InChI is InChI=1S/C14H12O4/c1-18-12-7-3-6-11(14(16)17)13(12)9-4-2-5-10(15)8-9/h2-8,15H,1H3,(H,16,17). The summed E-state index contributed by atoms with van der Waals surface area (Å²) in [6, 6.07) is 11.2. The Hall–Kier alpha value is -2.49. The lowest BCUT2D eigenvalue weighted by Gasteiger charge is -2.11. The zero-order valence-corrected chi connectivity index (χ0v) is 9.75. The third kappa shape index (κ3) is 2.13. The lowest BCUT2D eigenvalue weighted by molar-refractivity contribution is 0.0697. The zero-order chi connectivity index (χ0) is 13.1. The van der Waals surface area contributed by atoms with E-state index in [1.165, 1.54) is 25.3 Å². The molecule has 4 nitrogen and oxygen atoms in total. The first-order valence-electron chi connectivity index (χ1n) is 5.33. The van der Waals surface area contributed by atoms with E-state index in [9.17, 15) is 15.0 Å². The Morgan fingerprint density at radius 3 is 2.50 bits per heavy atom. The molecule has 2 aromatic rings. The number of carbonyl (C=O) groups is 1. The average molecular weight is 244 g/mol. The van der Waals surface area contributed by atoms with Gasteiger partial charge in [0.2, 0.25) is 0 Å². The molecule has 2 rings (SSSR count). The van der Waals surface area contributed by atoms with Crippen LogP contribution in [-0.2, 0) is 0 Å². The van der Waals surface area contributed by atoms with Crippen molar-refractivity contribution in [3.8, 4) is 22.6 Å². The fraction of sp³-hybridized carbons (Fsp3) is 0.0714. The van der Waals surface area contributed by atoms with E-state index in [2.05, 4.69) is 0 Å². The van der Waals surface area contributed by atoms with E-state index in [0.29, 0.717) is 16.9 Å². The third-order valence-corrected chi connectivity index (χ3v) is 2.61. The second kappa shape index (κ2) is 4.79. The van der Waals surface area contributed by atoms with Gasteiger partial charge in [-0.2, -0.15) is 0 Å². The number of hydrogen-bond donors (Lipinski definition) is 2. The number of ether oxygens (including phenoxy) is 1. The van der Waals surface area contributed by atoms with Crippen LogP contribution in [0.5, 0.6) is 11.5 Å². The van der Waals surface area contributed by atoms with Crippen LogP contribution >= 0.6 is 0 Å². The molecule has 0 unspecified atom stereocenters. The first-order valence-corrected chi connectivity index (χ1v) is 5.33. The molecule has 0 aromatic heterocycles. The minimum absolute atomic E-state index is 0.0785. The molecular formula is C14H12O4. The molecule has 18 heavy (non-hydrogen) atoms. The van der Waals surface area contributed by atoms with Gasteiger partial charge in [-0.1, -0.05) is 18.2 Å². The maximum Gasteiger partial charge on any atom is 0.336 e. The summed E-state index contributed by atoms with van der Waals surface area (Å²) < 4.78 is 5.19. The maximum absolute atomic E-state index is 11.2. The van der Waals surface area contributed by atoms with Crippen LogP contribution in [0.15, 0.2) is 42.5 Å². The zero-order valence-electron chi connectivity index (χ0n) is 9.75. The number of benzene rings is 2. The van der Waals surface area contributed by atoms with Gasteiger partial charge >= 0.3 is 5.97 Å². The Morgan fingerprint density at radius 2 is 1.89 bits per heavy atom. The van der Waals surface area contributed by atoms with Gasteiger partial charge in [0, 0.05) is 5.56 Å². The topological polar surface area (TPSA) is 66.8 Å². The van der Waals surface area contributed by atoms with Gasteiger partial charge in [0.15, 0.2) is 0 Å². The van der Waals surface area contributed by atoms with Crippen LogP contribution in [0, 0.1) is 0 Å². The fourth-order valence-electron chi connectivity index (χ4n) is 1.84. The van der Waals surface area contributed by atoms with Crippen LogP contribution in [0.4, 0.5) is 0 Å². The highest BCUT2D eigenvalue weighted by atomic mass is 16.5. The number of hydrogen-bond acceptors (Lipinski definition) is 3. The highest BCUT2D eigenvalue weighted by Crippen LogP contribution is 2.34. The van der Waals surface area contributed by atoms with E-state index >= 15 is 0 Å². The summed E-state index contributed by atoms with van der Waals surface area (Å²) in [5, 5.41) is 18.7. The fourth-order valence-corrected chi connectivity index (χ4v) is 1.84. The Bertz CT molecular complexity index is 590. The molecule has 0 aliphatic heterocycles. The predicted molar refractivity (Wildman–Crippen MR) is 67.1 cm³/mol. The van der Waals surface area contributed by atoms with Gasteiger partial charge in [-0.3, -0.25) is 0 Å². The second-order valence-electron chi connectivity index (χ2n) is 3.74. The SMILES string of the molecule is COc1cccc(C(=O)O)c1-c1cccc(O)c1. The second-order valence-corrected chi connectivity index (χ2v) is 3.74. The molecule has 0 spiro atoms. The summed E-state index contributed by atoms with van der Waals surface area (Å²) in [4.78, 5) is 11.2. The van der Waals surface area contributed by atoms with E-state index in [1.54, 1.807) is 24.3 Å². The van der Waals surface area contributed by atoms with Gasteiger partial charge in [-0.15, -0.1) is 0 Å². The number of methoxy groups -OCH3 is 1. The molecular weight excluding hydrogens is 232 g/mol. The molecule has 4 heteroatoms. The molecule has 0 aliphatic carbocycles. The van der Waals surface area contributed by atoms with Crippen molar-refractivity contribution < 1.29 is 19.7 Å². The van der Waals surface area contributed by atoms with Crippen LogP contribution in [0.1, 0.15) is 10.4 Å². The number of carboxylic acid groups (broad SMARTS) is 1. The summed E-state index contributed by atoms with van der Waals surface area (Å²) in [5.41, 5.74) is 1.20. The molecule has 0 amide bonds. The van der Waals surface area contributed by atoms with Gasteiger partial charge in [-0.25, -0.2) is 4.79 Å². The molecule has 0 bridgehead atoms. The largest absolute Gasteiger partial charge is 0.508 e. The molecule has 2 N–H and O–H groups in total. The number of phenolic OH excluding ortho intramolecular Hbond substituents is 1. The molecule has 0 saturated carbocycles. The quantitative estimate of drug-likeness (QED) is 0.871. The number of aromatic carboxylic acids is 1. The molecule has 92 valence electrons. The van der Waals surface area contributed by atoms with Gasteiger partial charge in [-0.05, 0) is 29.8 Å². The van der Waals surface area contributed by atoms with E-state index in [0.717, 1.165) is 0 Å². The summed E-state index contributed by atoms with van der Waals surface area (Å²) in [7, 11) is 1.48. The van der Waals surface area contributed by atoms with Crippen LogP contribution in [-0.4, -0.2) is 23.3 Å². The number of rotatable bonds is 3. The summed E-state index contributed by atoms with van der Waals surface area (Å²) in [5.74, 6) is -0.498. The third-order valence-electron chi connectivity index (χ3n) is 2.61. The summed E-state index contributed by atoms with van der Waals surface area (Å²) >= 11 is 0. The average Bonchev–Trinajstić information content (AvgIpc) is 2.37. The molecule has 2 aromatic carbocycles. The minimum Gasteiger partial charge on any atom is -0.508 e. The maximum atomic E-state index is 11.2. The van der Waals surface area contributed by atoms with E-state index < -0.39 is 5.97 Å². The minimum atomic E-state index is -1.03. The Labute approximate surface area is 104 Å². The number of carboxylic acids is 1. The summed E-state index contributed by atoms with van der Waals surface area (Å²) in [6.45, 7) is 0. The molecule has 0 atom stereocenters. The lowest BCUT2D eigenvalue weighted by Crippen LogP contribution is -2.01. The van der Waals surface area contributed by atoms with E-state index in [1.807, 2.05) is 0 Å². The van der Waals surface area contributed by atoms with E-state index in [4.69, 9.17) is 4.74 Å². The van der Waals surface area contributed by atoms with Gasteiger partial charge < -0.3 is 14.9 Å². The van der Waals surface area contributed by atoms with Gasteiger partial charge in [0.25, 0.3) is 0 Å². The smallest absolute Gasteiger partial charge is 0.336 e. The monoisotopic (exact) mass is 244 g/mol. The first kappa shape index (κ1) is 12.0. The van der Waals surface area contributed by atoms with Crippen molar-refractivity contribution in [3.63, 3.8) is 0 Å². The van der Waals surface area contributed by atoms with E-state index in [-0.39, 0.29) is 11.3 Å². The summed E-state index contributed by atoms with van der Waals surface area (Å²) in [6.07, 6.45) is 0. The number of phenols is 1. The van der Waals surface area contributed by atoms with Crippen LogP contribution in [0.2, 0.25) is 0 Å². The molecule has 0 heterocycles. The molecule has 0 fully saturated rings. The Morgan fingerprint density at radius 1 is 1.17 bits per heavy atom. The van der Waals surface area contributed by atoms with Crippen molar-refractivity contribution >= 4 is 5.97 Å². The van der Waals surface area contributed by atoms with Gasteiger partial charge in [0.05, 0.1) is 12.7 Å². The lowest BCUT2D eigenvalue weighted by atomic mass is 9.98. The Kier molecular flexibility index (Phi) is 3.19. The molecule has 0 aliphatic rings. The highest BCUT2D eigenvalue weighted by Gasteiger charge is 2.16. The van der Waals surface area contributed by atoms with Crippen molar-refractivity contribution in [1.29, 1.82) is 0 Å². The van der Waals surface area contributed by atoms with Crippen LogP contribution in [0.25, 0.3) is 11.1 Å². The van der Waals surface area contributed by atoms with Crippen LogP contribution < -0.4 is 4.74 Å². The van der Waals surface area contributed by atoms with Gasteiger partial charge in [0.1, 0.15) is 11.5 Å². The number of aromatic hydroxyl groups is 1. The normalized spacial score (nSPS) is 10.1. The first-order chi connectivity index (χ1) is 8.63. The molecule has 0 saturated heterocycles. The van der Waals surface area contributed by atoms with Crippen LogP contribution in [0.3, 0.4) is 0 Å². The Balaban J connectivity index is 2.71. The molecule has 0 radical (unpaired) electrons. The van der Waals surface area contributed by atoms with Crippen molar-refractivity contribution in [1.82, 2.24) is 0 Å².